The quantitative estimate of drug-likeness (QED) is 0.448. The molecule has 0 radical (unpaired) electrons. The third-order valence-corrected chi connectivity index (χ3v) is 7.22. The molecule has 0 saturated heterocycles. The molecule has 2 aromatic carbocycles. The number of hydrogen-bond donors (Lipinski definition) is 0. The van der Waals surface area contributed by atoms with Crippen LogP contribution >= 0.6 is 0 Å². The highest BCUT2D eigenvalue weighted by molar-refractivity contribution is 7.91. The van der Waals surface area contributed by atoms with Crippen molar-refractivity contribution in [2.45, 2.75) is 9.79 Å². The van der Waals surface area contributed by atoms with Crippen molar-refractivity contribution in [3.8, 4) is 0 Å². The van der Waals surface area contributed by atoms with Crippen LogP contribution in [0, 0.1) is 0 Å². The molecule has 0 unspecified atom stereocenters. The second-order valence-corrected chi connectivity index (χ2v) is 11.2. The molecule has 0 heterocycles. The fraction of sp³-hybridized carbons (Fsp3) is 0.0909. The average Bonchev–Trinajstić information content (AvgIpc) is 2.77. The van der Waals surface area contributed by atoms with Gasteiger partial charge in [0.25, 0.3) is 11.6 Å². The Morgan fingerprint density at radius 3 is 1.26 bits per heavy atom. The van der Waals surface area contributed by atoms with Gasteiger partial charge < -0.3 is 11.1 Å². The maximum atomic E-state index is 11.6. The summed E-state index contributed by atoms with van der Waals surface area (Å²) >= 11 is 0. The molecule has 12 heteroatoms. The number of ketones is 2. The SMILES string of the molecule is CS(=O)(=O)c1cccc2c1C=CC(=O)C2=[N+]=[N-].CS(=O)(=O)c1cccc2c1C=CC(=O)C2=[N+]=[N-]. The number of benzene rings is 2. The molecule has 0 saturated carbocycles. The Balaban J connectivity index is 0.000000191. The van der Waals surface area contributed by atoms with Crippen molar-refractivity contribution in [1.29, 1.82) is 0 Å². The van der Waals surface area contributed by atoms with Crippen LogP contribution in [-0.4, -0.2) is 61.9 Å². The summed E-state index contributed by atoms with van der Waals surface area (Å²) in [6, 6.07) is 8.99. The van der Waals surface area contributed by atoms with E-state index in [4.69, 9.17) is 11.1 Å². The van der Waals surface area contributed by atoms with E-state index in [0.29, 0.717) is 22.3 Å². The van der Waals surface area contributed by atoms with E-state index in [-0.39, 0.29) is 21.2 Å². The largest absolute Gasteiger partial charge is 0.369 e. The fourth-order valence-corrected chi connectivity index (χ4v) is 5.25. The molecule has 0 aromatic heterocycles. The minimum absolute atomic E-state index is 0.111. The van der Waals surface area contributed by atoms with Crippen molar-refractivity contribution in [3.05, 3.63) is 81.9 Å². The topological polar surface area (TPSA) is 175 Å². The highest BCUT2D eigenvalue weighted by atomic mass is 32.2. The molecule has 0 atom stereocenters. The summed E-state index contributed by atoms with van der Waals surface area (Å²) in [6.45, 7) is 0. The maximum absolute atomic E-state index is 11.6. The third kappa shape index (κ3) is 4.66. The minimum atomic E-state index is -3.39. The van der Waals surface area contributed by atoms with Crippen molar-refractivity contribution in [1.82, 2.24) is 0 Å². The van der Waals surface area contributed by atoms with Gasteiger partial charge in [-0.2, -0.15) is 9.58 Å². The Hall–Kier alpha value is -4.08. The van der Waals surface area contributed by atoms with Crippen LogP contribution in [0.4, 0.5) is 0 Å². The summed E-state index contributed by atoms with van der Waals surface area (Å²) in [5.41, 5.74) is 18.7. The molecule has 34 heavy (non-hydrogen) atoms. The first-order valence-corrected chi connectivity index (χ1v) is 13.2. The first-order valence-electron chi connectivity index (χ1n) is 9.46. The highest BCUT2D eigenvalue weighted by Crippen LogP contribution is 2.26. The zero-order valence-corrected chi connectivity index (χ0v) is 19.5. The predicted molar refractivity (Wildman–Crippen MR) is 123 cm³/mol. The van der Waals surface area contributed by atoms with E-state index in [1.54, 1.807) is 12.1 Å². The molecule has 0 fully saturated rings. The van der Waals surface area contributed by atoms with E-state index < -0.39 is 31.2 Å². The molecule has 0 N–H and O–H groups in total. The molecule has 172 valence electrons. The van der Waals surface area contributed by atoms with E-state index in [1.165, 1.54) is 48.6 Å². The van der Waals surface area contributed by atoms with Crippen LogP contribution in [0.2, 0.25) is 0 Å². The molecule has 0 spiro atoms. The van der Waals surface area contributed by atoms with E-state index >= 15 is 0 Å². The third-order valence-electron chi connectivity index (χ3n) is 4.91. The number of rotatable bonds is 2. The van der Waals surface area contributed by atoms with Crippen LogP contribution in [0.1, 0.15) is 22.3 Å². The van der Waals surface area contributed by atoms with Gasteiger partial charge in [-0.05, 0) is 48.6 Å². The van der Waals surface area contributed by atoms with Gasteiger partial charge in [-0.3, -0.25) is 9.59 Å². The van der Waals surface area contributed by atoms with Gasteiger partial charge in [-0.25, -0.2) is 16.8 Å². The zero-order valence-electron chi connectivity index (χ0n) is 17.8. The lowest BCUT2D eigenvalue weighted by molar-refractivity contribution is -0.113. The molecule has 10 nitrogen and oxygen atoms in total. The van der Waals surface area contributed by atoms with E-state index in [0.717, 1.165) is 12.5 Å². The number of nitrogens with zero attached hydrogens (tertiary/aromatic N) is 4. The average molecular weight is 497 g/mol. The highest BCUT2D eigenvalue weighted by Gasteiger charge is 2.30. The fourth-order valence-electron chi connectivity index (χ4n) is 3.44. The molecule has 2 aromatic rings. The first kappa shape index (κ1) is 24.6. The van der Waals surface area contributed by atoms with Crippen LogP contribution in [-0.2, 0) is 29.3 Å². The van der Waals surface area contributed by atoms with Crippen molar-refractivity contribution in [2.24, 2.45) is 0 Å². The van der Waals surface area contributed by atoms with Gasteiger partial charge >= 0.3 is 11.4 Å². The van der Waals surface area contributed by atoms with Gasteiger partial charge in [-0.1, -0.05) is 12.1 Å². The number of fused-ring (bicyclic) bond motifs is 2. The summed E-state index contributed by atoms with van der Waals surface area (Å²) in [4.78, 5) is 28.9. The standard InChI is InChI=1S/2C11H8N2O3S/c2*1-17(15,16)10-4-2-3-8-7(10)5-6-9(14)11(8)13-12/h2*2-6H,1H3. The summed E-state index contributed by atoms with van der Waals surface area (Å²) in [5.74, 6) is -0.906. The van der Waals surface area contributed by atoms with E-state index in [1.807, 2.05) is 0 Å². The van der Waals surface area contributed by atoms with Gasteiger partial charge in [0.1, 0.15) is 0 Å². The van der Waals surface area contributed by atoms with Gasteiger partial charge in [0.2, 0.25) is 0 Å². The lowest BCUT2D eigenvalue weighted by atomic mass is 9.95. The van der Waals surface area contributed by atoms with Gasteiger partial charge in [-0.15, -0.1) is 0 Å². The lowest BCUT2D eigenvalue weighted by Gasteiger charge is -2.09. The molecule has 0 bridgehead atoms. The monoisotopic (exact) mass is 496 g/mol. The lowest BCUT2D eigenvalue weighted by Crippen LogP contribution is -2.20. The van der Waals surface area contributed by atoms with Crippen LogP contribution in [0.25, 0.3) is 23.2 Å². The number of carbonyl (C=O) groups is 2. The Morgan fingerprint density at radius 1 is 0.618 bits per heavy atom. The van der Waals surface area contributed by atoms with Crippen LogP contribution in [0.3, 0.4) is 0 Å². The summed E-state index contributed by atoms with van der Waals surface area (Å²) in [6.07, 6.45) is 7.38. The molecule has 0 amide bonds. The van der Waals surface area contributed by atoms with Crippen molar-refractivity contribution >= 4 is 54.8 Å². The Labute approximate surface area is 194 Å². The van der Waals surface area contributed by atoms with Crippen LogP contribution < -0.4 is 0 Å². The van der Waals surface area contributed by atoms with Crippen LogP contribution in [0.5, 0.6) is 0 Å². The number of hydrogen-bond acceptors (Lipinski definition) is 6. The second-order valence-electron chi connectivity index (χ2n) is 7.27. The Morgan fingerprint density at radius 2 is 0.971 bits per heavy atom. The zero-order chi connectivity index (χ0) is 25.3. The van der Waals surface area contributed by atoms with Gasteiger partial charge in [0, 0.05) is 23.6 Å². The predicted octanol–water partition coefficient (Wildman–Crippen LogP) is 1.41. The molecule has 2 aliphatic rings. The molecule has 4 rings (SSSR count). The molecule has 2 aliphatic carbocycles. The minimum Gasteiger partial charge on any atom is -0.361 e. The second kappa shape index (κ2) is 9.05. The summed E-state index contributed by atoms with van der Waals surface area (Å²) in [5, 5.41) is 0. The first-order chi connectivity index (χ1) is 15.9. The van der Waals surface area contributed by atoms with Gasteiger partial charge in [0.05, 0.1) is 20.9 Å². The molecule has 0 aliphatic heterocycles. The number of allylic oxidation sites excluding steroid dienone is 2. The Bertz CT molecular complexity index is 1510. The summed E-state index contributed by atoms with van der Waals surface area (Å²) in [7, 11) is -6.79. The smallest absolute Gasteiger partial charge is 0.361 e. The van der Waals surface area contributed by atoms with E-state index in [9.17, 15) is 26.4 Å². The van der Waals surface area contributed by atoms with Crippen molar-refractivity contribution in [2.75, 3.05) is 12.5 Å². The molecular weight excluding hydrogens is 480 g/mol. The number of sulfone groups is 2. The van der Waals surface area contributed by atoms with E-state index in [2.05, 4.69) is 9.58 Å². The van der Waals surface area contributed by atoms with Crippen molar-refractivity contribution < 1.29 is 36.0 Å². The Kier molecular flexibility index (Phi) is 6.53. The normalized spacial score (nSPS) is 14.4. The summed E-state index contributed by atoms with van der Waals surface area (Å²) < 4.78 is 46.2. The number of carbonyl (C=O) groups excluding carboxylic acids is 2. The van der Waals surface area contributed by atoms with Crippen molar-refractivity contribution in [3.63, 3.8) is 0 Å². The van der Waals surface area contributed by atoms with Gasteiger partial charge in [0.15, 0.2) is 19.7 Å². The maximum Gasteiger partial charge on any atom is 0.369 e. The molecular formula is C22H16N4O6S2. The van der Waals surface area contributed by atoms with Crippen LogP contribution in [0.15, 0.2) is 58.3 Å².